The molecule has 0 aliphatic carbocycles. The fourth-order valence-corrected chi connectivity index (χ4v) is 12.1. The second-order valence-corrected chi connectivity index (χ2v) is 26.0. The predicted molar refractivity (Wildman–Crippen MR) is 357 cm³/mol. The van der Waals surface area contributed by atoms with Crippen LogP contribution in [-0.2, 0) is 14.3 Å². The number of unbranched alkanes of at least 4 members (excludes halogenated alkanes) is 60. The van der Waals surface area contributed by atoms with Gasteiger partial charge in [0, 0.05) is 12.8 Å². The molecule has 0 fully saturated rings. The molecule has 0 aliphatic rings. The Bertz CT molecular complexity index is 1220. The van der Waals surface area contributed by atoms with E-state index in [4.69, 9.17) is 4.74 Å². The molecule has 0 bridgehead atoms. The van der Waals surface area contributed by atoms with Crippen molar-refractivity contribution in [2.75, 3.05) is 13.2 Å². The zero-order valence-corrected chi connectivity index (χ0v) is 55.3. The third-order valence-corrected chi connectivity index (χ3v) is 17.8. The van der Waals surface area contributed by atoms with Crippen molar-refractivity contribution in [2.24, 2.45) is 0 Å². The number of allylic oxidation sites excluding steroid dienone is 1. The smallest absolute Gasteiger partial charge is 0.305 e. The monoisotopic (exact) mass is 1140 g/mol. The molecule has 2 unspecified atom stereocenters. The number of carbonyl (C=O) groups is 2. The molecule has 1 amide bonds. The highest BCUT2D eigenvalue weighted by atomic mass is 16.5. The minimum atomic E-state index is -0.840. The number of hydrogen-bond donors (Lipinski definition) is 3. The number of amides is 1. The van der Waals surface area contributed by atoms with Gasteiger partial charge in [-0.25, -0.2) is 0 Å². The molecule has 3 N–H and O–H groups in total. The molecule has 0 aromatic carbocycles. The van der Waals surface area contributed by atoms with Gasteiger partial charge in [0.15, 0.2) is 0 Å². The van der Waals surface area contributed by atoms with E-state index < -0.39 is 12.1 Å². The molecule has 0 saturated carbocycles. The first-order chi connectivity index (χ1) is 40.0. The number of aliphatic hydroxyl groups excluding tert-OH is 2. The number of ether oxygens (including phenoxy) is 1. The summed E-state index contributed by atoms with van der Waals surface area (Å²) in [5.74, 6) is -0.0342. The van der Waals surface area contributed by atoms with Crippen molar-refractivity contribution < 1.29 is 24.5 Å². The molecule has 0 aliphatic heterocycles. The Morgan fingerprint density at radius 2 is 0.568 bits per heavy atom. The van der Waals surface area contributed by atoms with Crippen molar-refractivity contribution in [3.63, 3.8) is 0 Å². The fraction of sp³-hybridized carbons (Fsp3) is 0.947. The maximum atomic E-state index is 12.5. The summed E-state index contributed by atoms with van der Waals surface area (Å²) >= 11 is 0. The van der Waals surface area contributed by atoms with E-state index in [9.17, 15) is 19.8 Å². The quantitative estimate of drug-likeness (QED) is 0.0320. The van der Waals surface area contributed by atoms with E-state index in [1.807, 2.05) is 6.08 Å². The van der Waals surface area contributed by atoms with Crippen molar-refractivity contribution in [1.82, 2.24) is 5.32 Å². The van der Waals surface area contributed by atoms with Gasteiger partial charge in [-0.15, -0.1) is 0 Å². The zero-order chi connectivity index (χ0) is 58.5. The molecule has 0 spiro atoms. The largest absolute Gasteiger partial charge is 0.466 e. The van der Waals surface area contributed by atoms with Crippen LogP contribution in [0.5, 0.6) is 0 Å². The van der Waals surface area contributed by atoms with Gasteiger partial charge in [0.25, 0.3) is 0 Å². The fourth-order valence-electron chi connectivity index (χ4n) is 12.1. The Morgan fingerprint density at radius 3 is 0.840 bits per heavy atom. The van der Waals surface area contributed by atoms with Crippen LogP contribution >= 0.6 is 0 Å². The molecule has 6 heteroatoms. The van der Waals surface area contributed by atoms with Crippen LogP contribution in [0, 0.1) is 0 Å². The first-order valence-corrected chi connectivity index (χ1v) is 37.5. The summed E-state index contributed by atoms with van der Waals surface area (Å²) in [5.41, 5.74) is 0. The van der Waals surface area contributed by atoms with Crippen molar-refractivity contribution >= 4 is 11.9 Å². The van der Waals surface area contributed by atoms with Crippen LogP contribution in [0.1, 0.15) is 431 Å². The third-order valence-electron chi connectivity index (χ3n) is 17.8. The van der Waals surface area contributed by atoms with Crippen molar-refractivity contribution in [3.05, 3.63) is 12.2 Å². The highest BCUT2D eigenvalue weighted by Crippen LogP contribution is 2.20. The van der Waals surface area contributed by atoms with Crippen molar-refractivity contribution in [3.8, 4) is 0 Å². The maximum Gasteiger partial charge on any atom is 0.305 e. The van der Waals surface area contributed by atoms with Crippen LogP contribution in [0.3, 0.4) is 0 Å². The van der Waals surface area contributed by atoms with Gasteiger partial charge in [0.1, 0.15) is 0 Å². The van der Waals surface area contributed by atoms with Gasteiger partial charge < -0.3 is 20.3 Å². The standard InChI is InChI=1S/C75H147NO5/c1-3-5-7-9-11-13-15-17-19-40-43-47-51-55-59-63-67-73(78)72(71-77)76-74(79)68-64-60-56-52-48-44-41-37-35-33-31-29-27-25-23-21-20-22-24-26-28-30-32-34-36-38-42-46-50-54-58-62-66-70-81-75(80)69-65-61-57-53-49-45-39-18-16-14-12-10-8-6-4-2/h63,67,72-73,77-78H,3-62,64-66,68-71H2,1-2H3,(H,76,79)/b67-63+. The van der Waals surface area contributed by atoms with Gasteiger partial charge >= 0.3 is 5.97 Å². The van der Waals surface area contributed by atoms with Gasteiger partial charge in [0.05, 0.1) is 25.4 Å². The first kappa shape index (κ1) is 79.6. The summed E-state index contributed by atoms with van der Waals surface area (Å²) in [6, 6.07) is -0.623. The number of esters is 1. The molecular formula is C75H147NO5. The molecule has 0 radical (unpaired) electrons. The van der Waals surface area contributed by atoms with Crippen LogP contribution in [0.25, 0.3) is 0 Å². The van der Waals surface area contributed by atoms with E-state index in [0.29, 0.717) is 19.4 Å². The summed E-state index contributed by atoms with van der Waals surface area (Å²) in [5, 5.41) is 23.2. The van der Waals surface area contributed by atoms with E-state index in [0.717, 1.165) is 38.5 Å². The van der Waals surface area contributed by atoms with Gasteiger partial charge in [-0.2, -0.15) is 0 Å². The SMILES string of the molecule is CCCCCCCCCCCCCCCC/C=C/C(O)C(CO)NC(=O)CCCCCCCCCCCCCCCCCCCCCCCCCCCCCCCCCCCOC(=O)CCCCCCCCCCCCCCCCC. The molecule has 0 aromatic rings. The van der Waals surface area contributed by atoms with Gasteiger partial charge in [-0.05, 0) is 32.1 Å². The zero-order valence-electron chi connectivity index (χ0n) is 55.3. The number of nitrogens with one attached hydrogen (secondary N) is 1. The van der Waals surface area contributed by atoms with Gasteiger partial charge in [-0.3, -0.25) is 9.59 Å². The Hall–Kier alpha value is -1.40. The predicted octanol–water partition coefficient (Wildman–Crippen LogP) is 24.3. The minimum Gasteiger partial charge on any atom is -0.466 e. The summed E-state index contributed by atoms with van der Waals surface area (Å²) in [7, 11) is 0. The van der Waals surface area contributed by atoms with Gasteiger partial charge in [-0.1, -0.05) is 398 Å². The molecule has 0 aromatic heterocycles. The Kier molecular flexibility index (Phi) is 69.9. The molecule has 0 heterocycles. The van der Waals surface area contributed by atoms with E-state index >= 15 is 0 Å². The number of carbonyl (C=O) groups excluding carboxylic acids is 2. The number of rotatable bonds is 71. The molecule has 0 rings (SSSR count). The average molecular weight is 1140 g/mol. The summed E-state index contributed by atoms with van der Waals surface area (Å²) in [4.78, 5) is 24.6. The molecule has 482 valence electrons. The topological polar surface area (TPSA) is 95.9 Å². The summed E-state index contributed by atoms with van der Waals surface area (Å²) in [6.07, 6.45) is 88.9. The van der Waals surface area contributed by atoms with E-state index in [2.05, 4.69) is 19.2 Å². The van der Waals surface area contributed by atoms with E-state index in [1.54, 1.807) is 6.08 Å². The first-order valence-electron chi connectivity index (χ1n) is 37.5. The highest BCUT2D eigenvalue weighted by Gasteiger charge is 2.18. The van der Waals surface area contributed by atoms with Crippen molar-refractivity contribution in [1.29, 1.82) is 0 Å². The van der Waals surface area contributed by atoms with Crippen LogP contribution in [0.15, 0.2) is 12.2 Å². The number of aliphatic hydroxyl groups is 2. The summed E-state index contributed by atoms with van der Waals surface area (Å²) in [6.45, 7) is 4.95. The molecule has 81 heavy (non-hydrogen) atoms. The molecular weight excluding hydrogens is 995 g/mol. The van der Waals surface area contributed by atoms with Gasteiger partial charge in [0.2, 0.25) is 5.91 Å². The van der Waals surface area contributed by atoms with Crippen LogP contribution in [0.2, 0.25) is 0 Å². The van der Waals surface area contributed by atoms with Crippen LogP contribution in [-0.4, -0.2) is 47.4 Å². The molecule has 6 nitrogen and oxygen atoms in total. The molecule has 2 atom stereocenters. The van der Waals surface area contributed by atoms with E-state index in [1.165, 1.54) is 366 Å². The summed E-state index contributed by atoms with van der Waals surface area (Å²) < 4.78 is 5.51. The third kappa shape index (κ3) is 67.6. The van der Waals surface area contributed by atoms with Crippen molar-refractivity contribution in [2.45, 2.75) is 443 Å². The second kappa shape index (κ2) is 71.1. The van der Waals surface area contributed by atoms with Crippen LogP contribution in [0.4, 0.5) is 0 Å². The average Bonchev–Trinajstić information content (AvgIpc) is 3.47. The lowest BCUT2D eigenvalue weighted by Crippen LogP contribution is -2.45. The van der Waals surface area contributed by atoms with E-state index in [-0.39, 0.29) is 18.5 Å². The lowest BCUT2D eigenvalue weighted by Gasteiger charge is -2.20. The lowest BCUT2D eigenvalue weighted by molar-refractivity contribution is -0.143. The Morgan fingerprint density at radius 1 is 0.333 bits per heavy atom. The molecule has 0 saturated heterocycles. The normalized spacial score (nSPS) is 12.5. The van der Waals surface area contributed by atoms with Crippen LogP contribution < -0.4 is 5.32 Å². The Balaban J connectivity index is 3.31. The second-order valence-electron chi connectivity index (χ2n) is 26.0. The highest BCUT2D eigenvalue weighted by molar-refractivity contribution is 5.76. The maximum absolute atomic E-state index is 12.5. The number of hydrogen-bond acceptors (Lipinski definition) is 5. The Labute approximate surface area is 508 Å². The lowest BCUT2D eigenvalue weighted by atomic mass is 10.0. The minimum absolute atomic E-state index is 0.0254.